The minimum Gasteiger partial charge on any atom is -0.386 e. The van der Waals surface area contributed by atoms with Gasteiger partial charge in [0, 0.05) is 6.42 Å². The van der Waals surface area contributed by atoms with Crippen molar-refractivity contribution >= 4 is 78.6 Å². The van der Waals surface area contributed by atoms with Gasteiger partial charge in [-0.15, -0.1) is 0 Å². The molecule has 0 saturated carbocycles. The quantitative estimate of drug-likeness (QED) is 0.164. The number of guanidine groups is 1. The molecule has 4 unspecified atom stereocenters. The molecular formula is C20H24N10O10P2S2. The summed E-state index contributed by atoms with van der Waals surface area (Å²) in [6.07, 6.45) is -4.05. The van der Waals surface area contributed by atoms with E-state index in [4.69, 9.17) is 50.5 Å². The fourth-order valence-corrected chi connectivity index (χ4v) is 8.35. The maximum Gasteiger partial charge on any atom is 0.386 e. The predicted octanol–water partition coefficient (Wildman–Crippen LogP) is -0.971. The molecule has 0 aromatic carbocycles. The standard InChI is InChI=1S/C20H24N10O10P2S2/c21-14-10-15(24-4-23-14)29(5-25-10)19-12(31)13-9(38-19)3-36-41(33,43)39-8-1-7(2-35-42(34,44)40-13)37-18(8)30-6-26-11-16(30)27-20(22)28-17(11)32/h4-9,11-13,18-19,31H,1-3H2,(H,33,43)(H,34,44)(H2,21,23,24)(H2,22,28,32)/t7-,8-,9+,11?,12-,13?,18+,19+,41?,42?/m0/s1. The Morgan fingerprint density at radius 1 is 1.16 bits per heavy atom. The molecule has 44 heavy (non-hydrogen) atoms. The number of carbonyl (C=O) groups is 1. The second-order valence-corrected chi connectivity index (χ2v) is 15.8. The number of aliphatic imine (C=N–C) groups is 2. The van der Waals surface area contributed by atoms with Crippen LogP contribution in [-0.2, 0) is 48.7 Å². The topological polar surface area (TPSA) is 263 Å². The number of aromatic nitrogens is 4. The van der Waals surface area contributed by atoms with Crippen LogP contribution in [0, 0.1) is 5.41 Å². The minimum absolute atomic E-state index is 0.0621. The number of fused-ring (bicyclic) bond motifs is 5. The third-order valence-electron chi connectivity index (χ3n) is 7.30. The van der Waals surface area contributed by atoms with Gasteiger partial charge in [0.25, 0.3) is 5.91 Å². The van der Waals surface area contributed by atoms with Gasteiger partial charge in [-0.2, -0.15) is 4.99 Å². The van der Waals surface area contributed by atoms with Crippen LogP contribution < -0.4 is 11.1 Å². The number of hydrogen-bond acceptors (Lipinski definition) is 17. The molecule has 5 aliphatic rings. The molecule has 1 amide bonds. The number of hydrogen-bond donors (Lipinski definition) is 6. The fraction of sp³-hybridized carbons (Fsp3) is 0.550. The van der Waals surface area contributed by atoms with Crippen molar-refractivity contribution in [3.63, 3.8) is 0 Å². The van der Waals surface area contributed by atoms with Crippen LogP contribution in [0.3, 0.4) is 0 Å². The van der Waals surface area contributed by atoms with E-state index < -0.39 is 75.0 Å². The second kappa shape index (κ2) is 11.1. The number of nitrogens with zero attached hydrogens (tertiary/aromatic N) is 7. The Morgan fingerprint density at radius 2 is 1.98 bits per heavy atom. The number of thiol groups is 1. The summed E-state index contributed by atoms with van der Waals surface area (Å²) in [5.74, 6) is -0.726. The second-order valence-electron chi connectivity index (χ2n) is 10.1. The molecule has 3 fully saturated rings. The monoisotopic (exact) mass is 690 g/mol. The van der Waals surface area contributed by atoms with Gasteiger partial charge in [-0.05, 0) is 11.8 Å². The van der Waals surface area contributed by atoms with E-state index in [1.165, 1.54) is 28.5 Å². The number of aliphatic hydroxyl groups excluding tert-OH is 1. The van der Waals surface area contributed by atoms with E-state index in [1.54, 1.807) is 0 Å². The van der Waals surface area contributed by atoms with E-state index in [2.05, 4.69) is 42.5 Å². The summed E-state index contributed by atoms with van der Waals surface area (Å²) in [5, 5.41) is 21.3. The highest BCUT2D eigenvalue weighted by Crippen LogP contribution is 2.57. The lowest BCUT2D eigenvalue weighted by Crippen LogP contribution is -2.52. The van der Waals surface area contributed by atoms with Gasteiger partial charge in [-0.3, -0.25) is 43.6 Å². The number of aliphatic hydroxyl groups is 1. The molecule has 3 saturated heterocycles. The largest absolute Gasteiger partial charge is 0.386 e. The van der Waals surface area contributed by atoms with Crippen molar-refractivity contribution in [2.24, 2.45) is 9.98 Å². The number of nitrogen functional groups attached to an aromatic ring is 1. The SMILES string of the molecule is N=C1N=C2C(N=CN2[C@@H]2O[C@@H]3COP(O)(=S)OC4[C@@H](COP(=O)(S)O[C@H]2C3)O[C@@H](n2cnc3c(N)ncnc32)[C@H]4O)C(=O)N1. The summed E-state index contributed by atoms with van der Waals surface area (Å²) >= 11 is 9.40. The van der Waals surface area contributed by atoms with Crippen LogP contribution >= 0.6 is 25.8 Å². The minimum atomic E-state index is -4.18. The first-order valence-corrected chi connectivity index (χ1v) is 18.2. The highest BCUT2D eigenvalue weighted by atomic mass is 32.7. The lowest BCUT2D eigenvalue weighted by atomic mass is 10.1. The number of amidine groups is 1. The Morgan fingerprint density at radius 3 is 2.80 bits per heavy atom. The van der Waals surface area contributed by atoms with Crippen molar-refractivity contribution in [3.05, 3.63) is 12.7 Å². The number of nitrogens with two attached hydrogens (primary N) is 1. The lowest BCUT2D eigenvalue weighted by molar-refractivity contribution is -0.119. The molecule has 7 heterocycles. The summed E-state index contributed by atoms with van der Waals surface area (Å²) in [5.41, 5.74) is 6.40. The summed E-state index contributed by atoms with van der Waals surface area (Å²) in [6, 6.07) is -1.02. The van der Waals surface area contributed by atoms with Crippen LogP contribution in [-0.4, -0.2) is 114 Å². The van der Waals surface area contributed by atoms with E-state index in [1.807, 2.05) is 0 Å². The molecule has 236 valence electrons. The normalized spacial score (nSPS) is 41.0. The summed E-state index contributed by atoms with van der Waals surface area (Å²) in [7, 11) is 0. The van der Waals surface area contributed by atoms with Gasteiger partial charge in [0.15, 0.2) is 35.8 Å². The van der Waals surface area contributed by atoms with Crippen LogP contribution in [0.4, 0.5) is 5.82 Å². The lowest BCUT2D eigenvalue weighted by Gasteiger charge is -2.31. The number of carbonyl (C=O) groups excluding carboxylic acids is 1. The maximum absolute atomic E-state index is 13.5. The molecule has 0 radical (unpaired) electrons. The third kappa shape index (κ3) is 5.48. The van der Waals surface area contributed by atoms with Crippen molar-refractivity contribution < 1.29 is 46.9 Å². The summed E-state index contributed by atoms with van der Waals surface area (Å²) in [6.45, 7) is -9.01. The van der Waals surface area contributed by atoms with Crippen LogP contribution in [0.1, 0.15) is 12.6 Å². The number of imidazole rings is 1. The molecule has 20 nitrogen and oxygen atoms in total. The van der Waals surface area contributed by atoms with E-state index >= 15 is 0 Å². The number of anilines is 1. The van der Waals surface area contributed by atoms with Crippen molar-refractivity contribution in [1.29, 1.82) is 5.41 Å². The Balaban J connectivity index is 1.15. The Bertz CT molecular complexity index is 1700. The van der Waals surface area contributed by atoms with Gasteiger partial charge in [0.05, 0.1) is 32.0 Å². The van der Waals surface area contributed by atoms with Crippen LogP contribution in [0.25, 0.3) is 11.2 Å². The molecule has 2 bridgehead atoms. The van der Waals surface area contributed by atoms with Crippen LogP contribution in [0.2, 0.25) is 0 Å². The van der Waals surface area contributed by atoms with Gasteiger partial charge >= 0.3 is 13.5 Å². The Labute approximate surface area is 257 Å². The molecule has 2 aromatic rings. The first-order chi connectivity index (χ1) is 20.9. The van der Waals surface area contributed by atoms with E-state index in [0.717, 1.165) is 0 Å². The molecule has 7 rings (SSSR count). The molecule has 6 N–H and O–H groups in total. The van der Waals surface area contributed by atoms with Crippen LogP contribution in [0.5, 0.6) is 0 Å². The smallest absolute Gasteiger partial charge is 0.386 e. The predicted molar refractivity (Wildman–Crippen MR) is 155 cm³/mol. The summed E-state index contributed by atoms with van der Waals surface area (Å²) < 4.78 is 49.7. The van der Waals surface area contributed by atoms with Crippen molar-refractivity contribution in [1.82, 2.24) is 29.7 Å². The number of amides is 1. The van der Waals surface area contributed by atoms with E-state index in [9.17, 15) is 19.4 Å². The highest BCUT2D eigenvalue weighted by Gasteiger charge is 2.52. The van der Waals surface area contributed by atoms with Gasteiger partial charge in [0.2, 0.25) is 5.96 Å². The molecule has 0 spiro atoms. The summed E-state index contributed by atoms with van der Waals surface area (Å²) in [4.78, 5) is 45.1. The first kappa shape index (κ1) is 30.2. The first-order valence-electron chi connectivity index (χ1n) is 12.9. The zero-order valence-corrected chi connectivity index (χ0v) is 25.6. The number of ether oxygens (including phenoxy) is 2. The fourth-order valence-electron chi connectivity index (χ4n) is 5.40. The molecule has 5 aliphatic heterocycles. The maximum atomic E-state index is 13.5. The van der Waals surface area contributed by atoms with Gasteiger partial charge < -0.3 is 29.7 Å². The van der Waals surface area contributed by atoms with Crippen molar-refractivity contribution in [2.45, 2.75) is 55.4 Å². The van der Waals surface area contributed by atoms with E-state index in [-0.39, 0.29) is 41.8 Å². The zero-order chi connectivity index (χ0) is 31.0. The molecule has 24 heteroatoms. The average molecular weight is 691 g/mol. The number of nitrogens with one attached hydrogen (secondary N) is 2. The number of rotatable bonds is 2. The Kier molecular flexibility index (Phi) is 7.63. The van der Waals surface area contributed by atoms with Crippen LogP contribution in [0.15, 0.2) is 22.6 Å². The van der Waals surface area contributed by atoms with Gasteiger partial charge in [0.1, 0.15) is 36.3 Å². The Hall–Kier alpha value is -2.46. The van der Waals surface area contributed by atoms with Gasteiger partial charge in [-0.25, -0.2) is 19.5 Å². The third-order valence-corrected chi connectivity index (χ3v) is 10.5. The molecule has 0 aliphatic carbocycles. The van der Waals surface area contributed by atoms with Crippen molar-refractivity contribution in [3.8, 4) is 0 Å². The molecule has 10 atom stereocenters. The van der Waals surface area contributed by atoms with E-state index in [0.29, 0.717) is 0 Å². The average Bonchev–Trinajstić information content (AvgIpc) is 3.72. The molecular weight excluding hydrogens is 666 g/mol. The van der Waals surface area contributed by atoms with Gasteiger partial charge in [-0.1, -0.05) is 12.2 Å². The zero-order valence-electron chi connectivity index (χ0n) is 22.1. The molecule has 2 aromatic heterocycles. The van der Waals surface area contributed by atoms with Crippen molar-refractivity contribution in [2.75, 3.05) is 18.9 Å². The highest BCUT2D eigenvalue weighted by molar-refractivity contribution is 8.44.